The van der Waals surface area contributed by atoms with Gasteiger partial charge in [-0.2, -0.15) is 13.2 Å². The smallest absolute Gasteiger partial charge is 0.338 e. The molecule has 2 aromatic rings. The van der Waals surface area contributed by atoms with E-state index >= 15 is 0 Å². The number of alkyl halides is 3. The van der Waals surface area contributed by atoms with Crippen molar-refractivity contribution in [3.05, 3.63) is 47.8 Å². The molecule has 1 aromatic heterocycles. The molecule has 0 radical (unpaired) electrons. The highest BCUT2D eigenvalue weighted by Crippen LogP contribution is 2.36. The van der Waals surface area contributed by atoms with Crippen molar-refractivity contribution < 1.29 is 26.4 Å². The lowest BCUT2D eigenvalue weighted by molar-refractivity contribution is -0.137. The minimum absolute atomic E-state index is 0.0605. The maximum absolute atomic E-state index is 12.9. The lowest BCUT2D eigenvalue weighted by Gasteiger charge is -2.34. The fourth-order valence-corrected chi connectivity index (χ4v) is 5.49. The zero-order chi connectivity index (χ0) is 22.9. The molecular formula is C20H22F3N5O3S. The molecule has 1 saturated heterocycles. The molecule has 0 aliphatic carbocycles. The molecule has 8 nitrogen and oxygen atoms in total. The van der Waals surface area contributed by atoms with Crippen LogP contribution in [0.15, 0.2) is 41.6 Å². The zero-order valence-corrected chi connectivity index (χ0v) is 17.9. The Labute approximate surface area is 183 Å². The summed E-state index contributed by atoms with van der Waals surface area (Å²) in [6.07, 6.45) is -0.170. The Morgan fingerprint density at radius 1 is 0.969 bits per heavy atom. The van der Waals surface area contributed by atoms with Crippen molar-refractivity contribution in [3.63, 3.8) is 0 Å². The number of nitrogens with zero attached hydrogens (tertiary/aromatic N) is 5. The summed E-state index contributed by atoms with van der Waals surface area (Å²) in [5.41, 5.74) is -1.46. The van der Waals surface area contributed by atoms with E-state index < -0.39 is 33.2 Å². The summed E-state index contributed by atoms with van der Waals surface area (Å²) < 4.78 is 64.7. The number of hydrogen-bond donors (Lipinski definition) is 0. The number of unbranched alkanes of at least 4 members (excludes halogenated alkanes) is 1. The maximum atomic E-state index is 12.9. The normalized spacial score (nSPS) is 18.8. The van der Waals surface area contributed by atoms with E-state index in [0.717, 1.165) is 38.8 Å². The van der Waals surface area contributed by atoms with Crippen LogP contribution in [0, 0.1) is 0 Å². The van der Waals surface area contributed by atoms with Gasteiger partial charge in [0.25, 0.3) is 15.9 Å². The number of halogens is 3. The van der Waals surface area contributed by atoms with Gasteiger partial charge >= 0.3 is 6.18 Å². The molecule has 0 spiro atoms. The lowest BCUT2D eigenvalue weighted by Crippen LogP contribution is -2.47. The van der Waals surface area contributed by atoms with Crippen LogP contribution in [0.1, 0.15) is 28.8 Å². The van der Waals surface area contributed by atoms with E-state index in [9.17, 15) is 26.4 Å². The second kappa shape index (κ2) is 8.66. The number of piperazine rings is 1. The molecule has 0 atom stereocenters. The van der Waals surface area contributed by atoms with Crippen molar-refractivity contribution in [1.82, 2.24) is 19.2 Å². The highest BCUT2D eigenvalue weighted by Gasteiger charge is 2.43. The Balaban J connectivity index is 1.29. The Bertz CT molecular complexity index is 1090. The first kappa shape index (κ1) is 22.5. The number of amides is 1. The Hall–Kier alpha value is -2.73. The third-order valence-electron chi connectivity index (χ3n) is 5.62. The van der Waals surface area contributed by atoms with Crippen LogP contribution in [-0.4, -0.2) is 72.8 Å². The number of fused-ring (bicyclic) bond motifs is 1. The maximum Gasteiger partial charge on any atom is 0.416 e. The van der Waals surface area contributed by atoms with Gasteiger partial charge in [0.1, 0.15) is 4.90 Å². The summed E-state index contributed by atoms with van der Waals surface area (Å²) in [6.45, 7) is 3.85. The summed E-state index contributed by atoms with van der Waals surface area (Å²) in [4.78, 5) is 25.0. The number of carbonyl (C=O) groups excluding carboxylic acids is 1. The van der Waals surface area contributed by atoms with Crippen LogP contribution in [-0.2, 0) is 16.2 Å². The van der Waals surface area contributed by atoms with E-state index in [-0.39, 0.29) is 11.4 Å². The van der Waals surface area contributed by atoms with Crippen molar-refractivity contribution in [2.24, 2.45) is 0 Å². The third kappa shape index (κ3) is 4.42. The number of sulfonamides is 1. The summed E-state index contributed by atoms with van der Waals surface area (Å²) >= 11 is 0. The predicted molar refractivity (Wildman–Crippen MR) is 110 cm³/mol. The molecule has 1 amide bonds. The van der Waals surface area contributed by atoms with Crippen molar-refractivity contribution in [3.8, 4) is 0 Å². The molecule has 3 heterocycles. The van der Waals surface area contributed by atoms with Crippen molar-refractivity contribution >= 4 is 21.9 Å². The zero-order valence-electron chi connectivity index (χ0n) is 17.1. The molecule has 1 aromatic carbocycles. The largest absolute Gasteiger partial charge is 0.416 e. The first-order chi connectivity index (χ1) is 15.2. The predicted octanol–water partition coefficient (Wildman–Crippen LogP) is 2.24. The van der Waals surface area contributed by atoms with Crippen molar-refractivity contribution in [2.75, 3.05) is 44.2 Å². The minimum atomic E-state index is -4.65. The molecule has 2 aliphatic rings. The Morgan fingerprint density at radius 3 is 2.28 bits per heavy atom. The summed E-state index contributed by atoms with van der Waals surface area (Å²) in [6, 6.07) is 3.93. The van der Waals surface area contributed by atoms with E-state index in [0.29, 0.717) is 35.2 Å². The topological polar surface area (TPSA) is 86.7 Å². The molecule has 0 unspecified atom stereocenters. The summed E-state index contributed by atoms with van der Waals surface area (Å²) in [5.74, 6) is -0.208. The van der Waals surface area contributed by atoms with E-state index in [1.165, 1.54) is 0 Å². The van der Waals surface area contributed by atoms with Gasteiger partial charge in [-0.15, -0.1) is 0 Å². The molecule has 0 N–H and O–H groups in total. The molecule has 4 rings (SSSR count). The number of benzene rings is 1. The van der Waals surface area contributed by atoms with Crippen LogP contribution in [0.25, 0.3) is 0 Å². The molecular weight excluding hydrogens is 447 g/mol. The van der Waals surface area contributed by atoms with Gasteiger partial charge in [-0.25, -0.2) is 22.7 Å². The summed E-state index contributed by atoms with van der Waals surface area (Å²) in [5, 5.41) is 0. The van der Waals surface area contributed by atoms with Crippen LogP contribution in [0.2, 0.25) is 0 Å². The first-order valence-electron chi connectivity index (χ1n) is 10.2. The van der Waals surface area contributed by atoms with Gasteiger partial charge in [0.2, 0.25) is 5.95 Å². The van der Waals surface area contributed by atoms with Crippen LogP contribution in [0.4, 0.5) is 19.1 Å². The van der Waals surface area contributed by atoms with Gasteiger partial charge in [0.15, 0.2) is 0 Å². The second-order valence-electron chi connectivity index (χ2n) is 7.68. The highest BCUT2D eigenvalue weighted by molar-refractivity contribution is 7.90. The molecule has 0 saturated carbocycles. The van der Waals surface area contributed by atoms with Gasteiger partial charge in [-0.3, -0.25) is 9.69 Å². The highest BCUT2D eigenvalue weighted by atomic mass is 32.2. The Kier molecular flexibility index (Phi) is 6.08. The molecule has 172 valence electrons. The van der Waals surface area contributed by atoms with Crippen LogP contribution >= 0.6 is 0 Å². The van der Waals surface area contributed by atoms with E-state index in [4.69, 9.17) is 0 Å². The van der Waals surface area contributed by atoms with E-state index in [2.05, 4.69) is 19.8 Å². The van der Waals surface area contributed by atoms with Gasteiger partial charge in [0.05, 0.1) is 11.1 Å². The second-order valence-corrected chi connectivity index (χ2v) is 9.51. The molecule has 12 heteroatoms. The summed E-state index contributed by atoms with van der Waals surface area (Å²) in [7, 11) is -4.12. The number of anilines is 1. The van der Waals surface area contributed by atoms with Gasteiger partial charge < -0.3 is 4.90 Å². The third-order valence-corrected chi connectivity index (χ3v) is 7.47. The van der Waals surface area contributed by atoms with E-state index in [1.54, 1.807) is 18.5 Å². The van der Waals surface area contributed by atoms with Crippen LogP contribution < -0.4 is 4.90 Å². The van der Waals surface area contributed by atoms with Gasteiger partial charge in [-0.1, -0.05) is 0 Å². The average Bonchev–Trinajstić information content (AvgIpc) is 2.97. The molecule has 0 bridgehead atoms. The lowest BCUT2D eigenvalue weighted by atomic mass is 10.1. The Morgan fingerprint density at radius 2 is 1.62 bits per heavy atom. The molecule has 1 fully saturated rings. The average molecular weight is 469 g/mol. The van der Waals surface area contributed by atoms with Crippen LogP contribution in [0.5, 0.6) is 0 Å². The monoisotopic (exact) mass is 469 g/mol. The number of rotatable bonds is 6. The quantitative estimate of drug-likeness (QED) is 0.600. The number of aromatic nitrogens is 2. The minimum Gasteiger partial charge on any atom is -0.338 e. The van der Waals surface area contributed by atoms with Crippen molar-refractivity contribution in [2.45, 2.75) is 23.9 Å². The number of carbonyl (C=O) groups is 1. The first-order valence-corrected chi connectivity index (χ1v) is 11.6. The molecule has 32 heavy (non-hydrogen) atoms. The fraction of sp³-hybridized carbons (Fsp3) is 0.450. The van der Waals surface area contributed by atoms with Gasteiger partial charge in [-0.05, 0) is 43.7 Å². The standard InChI is InChI=1S/C20H22F3N5O3S/c21-20(22,23)15-4-5-17-16(14-15)18(29)28(32(17,30)31)9-2-1-8-26-10-12-27(13-11-26)19-24-6-3-7-25-19/h3-7,14H,1-2,8-13H2. The van der Waals surface area contributed by atoms with Gasteiger partial charge in [0, 0.05) is 45.1 Å². The number of hydrogen-bond acceptors (Lipinski definition) is 7. The SMILES string of the molecule is O=C1c2cc(C(F)(F)F)ccc2S(=O)(=O)N1CCCCN1CCN(c2ncccn2)CC1. The van der Waals surface area contributed by atoms with E-state index in [1.807, 2.05) is 0 Å². The molecule has 2 aliphatic heterocycles. The van der Waals surface area contributed by atoms with Crippen molar-refractivity contribution in [1.29, 1.82) is 0 Å². The van der Waals surface area contributed by atoms with Crippen LogP contribution in [0.3, 0.4) is 0 Å². The fourth-order valence-electron chi connectivity index (χ4n) is 3.90.